The fourth-order valence-electron chi connectivity index (χ4n) is 1.54. The van der Waals surface area contributed by atoms with E-state index in [-0.39, 0.29) is 18.5 Å². The molecule has 0 spiro atoms. The largest absolute Gasteiger partial charge is 0.481 e. The molecule has 4 nitrogen and oxygen atoms in total. The van der Waals surface area contributed by atoms with Crippen molar-refractivity contribution in [1.29, 1.82) is 0 Å². The Morgan fingerprint density at radius 2 is 1.89 bits per heavy atom. The first kappa shape index (κ1) is 16.7. The Labute approximate surface area is 109 Å². The second kappa shape index (κ2) is 9.68. The monoisotopic (exact) mass is 256 g/mol. The number of carboxylic acid groups (broad SMARTS) is 1. The predicted octanol–water partition coefficient (Wildman–Crippen LogP) is 3.17. The molecule has 0 rings (SSSR count). The number of ether oxygens (including phenoxy) is 1. The van der Waals surface area contributed by atoms with Gasteiger partial charge in [-0.15, -0.1) is 0 Å². The quantitative estimate of drug-likeness (QED) is 0.391. The number of carbonyl (C=O) groups excluding carboxylic acids is 1. The fourth-order valence-corrected chi connectivity index (χ4v) is 1.54. The van der Waals surface area contributed by atoms with E-state index in [1.807, 2.05) is 13.8 Å². The number of hydrogen-bond donors (Lipinski definition) is 1. The van der Waals surface area contributed by atoms with Crippen LogP contribution in [-0.4, -0.2) is 23.1 Å². The summed E-state index contributed by atoms with van der Waals surface area (Å²) >= 11 is 0. The topological polar surface area (TPSA) is 63.6 Å². The van der Waals surface area contributed by atoms with Crippen molar-refractivity contribution in [2.75, 3.05) is 0 Å². The SMILES string of the molecule is CC(=O)O[C@@H](C)[C@H](C)C/C=C/CCCCC(=O)O. The highest BCUT2D eigenvalue weighted by molar-refractivity contribution is 5.66. The average Bonchev–Trinajstić information content (AvgIpc) is 2.26. The van der Waals surface area contributed by atoms with Crippen molar-refractivity contribution in [3.63, 3.8) is 0 Å². The number of allylic oxidation sites excluding steroid dienone is 2. The van der Waals surface area contributed by atoms with E-state index in [0.717, 1.165) is 25.7 Å². The van der Waals surface area contributed by atoms with Gasteiger partial charge in [0.15, 0.2) is 0 Å². The molecule has 0 heterocycles. The molecule has 0 bridgehead atoms. The molecule has 0 unspecified atom stereocenters. The van der Waals surface area contributed by atoms with Crippen molar-refractivity contribution in [2.24, 2.45) is 5.92 Å². The molecule has 18 heavy (non-hydrogen) atoms. The van der Waals surface area contributed by atoms with E-state index in [2.05, 4.69) is 12.2 Å². The molecule has 4 heteroatoms. The Morgan fingerprint density at radius 1 is 1.22 bits per heavy atom. The number of carbonyl (C=O) groups is 2. The standard InChI is InChI=1S/C14H24O4/c1-11(12(2)18-13(3)15)9-7-5-4-6-8-10-14(16)17/h5,7,11-12H,4,6,8-10H2,1-3H3,(H,16,17)/b7-5+/t11-,12+/m1/s1. The molecular formula is C14H24O4. The molecule has 0 aromatic rings. The van der Waals surface area contributed by atoms with Crippen LogP contribution in [0.5, 0.6) is 0 Å². The Kier molecular flexibility index (Phi) is 8.97. The van der Waals surface area contributed by atoms with Crippen LogP contribution in [0.1, 0.15) is 52.9 Å². The maximum absolute atomic E-state index is 10.8. The third-order valence-electron chi connectivity index (χ3n) is 2.84. The molecule has 0 amide bonds. The molecule has 1 N–H and O–H groups in total. The molecule has 0 fully saturated rings. The summed E-state index contributed by atoms with van der Waals surface area (Å²) < 4.78 is 5.10. The third-order valence-corrected chi connectivity index (χ3v) is 2.84. The number of unbranched alkanes of at least 4 members (excludes halogenated alkanes) is 2. The molecular weight excluding hydrogens is 232 g/mol. The zero-order chi connectivity index (χ0) is 14.0. The Morgan fingerprint density at radius 3 is 2.44 bits per heavy atom. The van der Waals surface area contributed by atoms with Crippen molar-refractivity contribution in [1.82, 2.24) is 0 Å². The molecule has 0 aliphatic rings. The van der Waals surface area contributed by atoms with Gasteiger partial charge in [0.2, 0.25) is 0 Å². The van der Waals surface area contributed by atoms with E-state index in [0.29, 0.717) is 5.92 Å². The summed E-state index contributed by atoms with van der Waals surface area (Å²) in [6, 6.07) is 0. The number of aliphatic carboxylic acids is 1. The minimum atomic E-state index is -0.734. The van der Waals surface area contributed by atoms with E-state index in [1.54, 1.807) is 0 Å². The molecule has 0 aromatic heterocycles. The van der Waals surface area contributed by atoms with Gasteiger partial charge in [-0.05, 0) is 38.5 Å². The lowest BCUT2D eigenvalue weighted by molar-refractivity contribution is -0.147. The van der Waals surface area contributed by atoms with Gasteiger partial charge in [0.1, 0.15) is 6.10 Å². The molecule has 2 atom stereocenters. The maximum atomic E-state index is 10.8. The van der Waals surface area contributed by atoms with Crippen LogP contribution in [0.3, 0.4) is 0 Å². The van der Waals surface area contributed by atoms with Crippen molar-refractivity contribution >= 4 is 11.9 Å². The zero-order valence-corrected chi connectivity index (χ0v) is 11.5. The fraction of sp³-hybridized carbons (Fsp3) is 0.714. The predicted molar refractivity (Wildman–Crippen MR) is 70.3 cm³/mol. The molecule has 0 radical (unpaired) electrons. The third kappa shape index (κ3) is 9.87. The maximum Gasteiger partial charge on any atom is 0.303 e. The number of carboxylic acids is 1. The van der Waals surface area contributed by atoms with Crippen LogP contribution >= 0.6 is 0 Å². The highest BCUT2D eigenvalue weighted by Gasteiger charge is 2.12. The van der Waals surface area contributed by atoms with Crippen LogP contribution < -0.4 is 0 Å². The average molecular weight is 256 g/mol. The van der Waals surface area contributed by atoms with Gasteiger partial charge in [-0.3, -0.25) is 9.59 Å². The van der Waals surface area contributed by atoms with Gasteiger partial charge in [0.25, 0.3) is 0 Å². The van der Waals surface area contributed by atoms with E-state index in [1.165, 1.54) is 6.92 Å². The highest BCUT2D eigenvalue weighted by atomic mass is 16.5. The van der Waals surface area contributed by atoms with Crippen molar-refractivity contribution in [3.05, 3.63) is 12.2 Å². The van der Waals surface area contributed by atoms with Gasteiger partial charge < -0.3 is 9.84 Å². The van der Waals surface area contributed by atoms with Gasteiger partial charge >= 0.3 is 11.9 Å². The summed E-state index contributed by atoms with van der Waals surface area (Å²) in [5, 5.41) is 8.46. The lowest BCUT2D eigenvalue weighted by Gasteiger charge is -2.17. The molecule has 0 saturated heterocycles. The van der Waals surface area contributed by atoms with Gasteiger partial charge in [-0.2, -0.15) is 0 Å². The smallest absolute Gasteiger partial charge is 0.303 e. The van der Waals surface area contributed by atoms with E-state index in [4.69, 9.17) is 9.84 Å². The summed E-state index contributed by atoms with van der Waals surface area (Å²) in [5.41, 5.74) is 0. The first-order chi connectivity index (χ1) is 8.43. The number of rotatable bonds is 9. The van der Waals surface area contributed by atoms with Crippen LogP contribution in [0.15, 0.2) is 12.2 Å². The molecule has 0 aliphatic heterocycles. The Balaban J connectivity index is 3.62. The Hall–Kier alpha value is -1.32. The lowest BCUT2D eigenvalue weighted by Crippen LogP contribution is -2.20. The van der Waals surface area contributed by atoms with Crippen LogP contribution in [-0.2, 0) is 14.3 Å². The first-order valence-electron chi connectivity index (χ1n) is 6.47. The van der Waals surface area contributed by atoms with Crippen LogP contribution in [0, 0.1) is 5.92 Å². The second-order valence-electron chi connectivity index (χ2n) is 4.64. The summed E-state index contributed by atoms with van der Waals surface area (Å²) in [5.74, 6) is -0.682. The summed E-state index contributed by atoms with van der Waals surface area (Å²) in [6.45, 7) is 5.36. The van der Waals surface area contributed by atoms with Crippen molar-refractivity contribution < 1.29 is 19.4 Å². The molecule has 0 aliphatic carbocycles. The lowest BCUT2D eigenvalue weighted by atomic mass is 10.0. The van der Waals surface area contributed by atoms with Crippen molar-refractivity contribution in [3.8, 4) is 0 Å². The van der Waals surface area contributed by atoms with E-state index < -0.39 is 5.97 Å². The summed E-state index contributed by atoms with van der Waals surface area (Å²) in [7, 11) is 0. The molecule has 0 saturated carbocycles. The van der Waals surface area contributed by atoms with Gasteiger partial charge in [0.05, 0.1) is 0 Å². The minimum absolute atomic E-state index is 0.0702. The Bertz CT molecular complexity index is 284. The summed E-state index contributed by atoms with van der Waals surface area (Å²) in [6.07, 6.45) is 7.71. The summed E-state index contributed by atoms with van der Waals surface area (Å²) in [4.78, 5) is 21.1. The van der Waals surface area contributed by atoms with Crippen LogP contribution in [0.2, 0.25) is 0 Å². The minimum Gasteiger partial charge on any atom is -0.481 e. The number of esters is 1. The van der Waals surface area contributed by atoms with Gasteiger partial charge in [0, 0.05) is 13.3 Å². The normalized spacial score (nSPS) is 14.4. The van der Waals surface area contributed by atoms with Crippen LogP contribution in [0.4, 0.5) is 0 Å². The zero-order valence-electron chi connectivity index (χ0n) is 11.5. The highest BCUT2D eigenvalue weighted by Crippen LogP contribution is 2.13. The van der Waals surface area contributed by atoms with Gasteiger partial charge in [-0.25, -0.2) is 0 Å². The van der Waals surface area contributed by atoms with E-state index in [9.17, 15) is 9.59 Å². The number of hydrogen-bond acceptors (Lipinski definition) is 3. The van der Waals surface area contributed by atoms with Gasteiger partial charge in [-0.1, -0.05) is 19.1 Å². The molecule has 104 valence electrons. The molecule has 0 aromatic carbocycles. The van der Waals surface area contributed by atoms with Crippen molar-refractivity contribution in [2.45, 2.75) is 59.0 Å². The first-order valence-corrected chi connectivity index (χ1v) is 6.47. The van der Waals surface area contributed by atoms with E-state index >= 15 is 0 Å². The van der Waals surface area contributed by atoms with Crippen LogP contribution in [0.25, 0.3) is 0 Å². The second-order valence-corrected chi connectivity index (χ2v) is 4.64.